The summed E-state index contributed by atoms with van der Waals surface area (Å²) in [6.07, 6.45) is 1.81. The van der Waals surface area contributed by atoms with Gasteiger partial charge in [0.25, 0.3) is 0 Å². The van der Waals surface area contributed by atoms with Gasteiger partial charge in [0.05, 0.1) is 16.6 Å². The fourth-order valence-electron chi connectivity index (χ4n) is 7.72. The molecule has 5 heterocycles. The van der Waals surface area contributed by atoms with Gasteiger partial charge < -0.3 is 4.40 Å². The molecule has 7 heteroatoms. The standard InChI is InChI=1S/C43H25N5O.Pt/c1-45-26-46(38-17-5-4-16-37(38)45)27-10-8-11-28(22-27)49-29-19-20-31-34-24-35-33-14-9-13-32-30-12-2-3-15-36(30)48(43(32)33)41(35)25-40(34)47(39(31)23-29)42-18-6-7-21-44-42;/h2-21,24-25H,1H3;/q-2;/i1D3;. The molecule has 0 unspecified atom stereocenters. The third-order valence-corrected chi connectivity index (χ3v) is 10.8. The van der Waals surface area contributed by atoms with E-state index < -0.39 is 6.98 Å². The Bertz CT molecular complexity index is 3340. The van der Waals surface area contributed by atoms with Crippen molar-refractivity contribution in [3.8, 4) is 23.0 Å². The molecule has 240 valence electrons. The van der Waals surface area contributed by atoms with Gasteiger partial charge in [0.2, 0.25) is 0 Å². The zero-order valence-electron chi connectivity index (χ0n) is 29.2. The van der Waals surface area contributed by atoms with Gasteiger partial charge in [-0.2, -0.15) is 0 Å². The summed E-state index contributed by atoms with van der Waals surface area (Å²) >= 11 is 2.07. The van der Waals surface area contributed by atoms with Crippen LogP contribution in [-0.4, -0.2) is 23.1 Å². The summed E-state index contributed by atoms with van der Waals surface area (Å²) in [5.74, 6) is 1.78. The quantitative estimate of drug-likeness (QED) is 0.166. The number of para-hydroxylation sites is 4. The number of nitrogens with zero attached hydrogens (tertiary/aromatic N) is 5. The molecule has 0 aliphatic carbocycles. The van der Waals surface area contributed by atoms with E-state index in [1.807, 2.05) is 77.5 Å². The molecule has 0 N–H and O–H groups in total. The van der Waals surface area contributed by atoms with E-state index in [2.05, 4.69) is 101 Å². The van der Waals surface area contributed by atoms with E-state index >= 15 is 0 Å². The van der Waals surface area contributed by atoms with Gasteiger partial charge in [-0.3, -0.25) is 0 Å². The number of hydrogen-bond donors (Lipinski definition) is 0. The molecule has 0 aliphatic rings. The van der Waals surface area contributed by atoms with E-state index in [4.69, 9.17) is 13.8 Å². The van der Waals surface area contributed by atoms with Gasteiger partial charge in [-0.05, 0) is 12.1 Å². The van der Waals surface area contributed by atoms with Crippen LogP contribution in [0.3, 0.4) is 0 Å². The van der Waals surface area contributed by atoms with Gasteiger partial charge in [0.1, 0.15) is 0 Å². The minimum absolute atomic E-state index is 0.479. The van der Waals surface area contributed by atoms with E-state index in [-0.39, 0.29) is 0 Å². The number of pyridine rings is 1. The minimum atomic E-state index is -2.35. The zero-order valence-corrected chi connectivity index (χ0v) is 28.4. The van der Waals surface area contributed by atoms with Crippen molar-refractivity contribution in [2.24, 2.45) is 6.98 Å². The Kier molecular flexibility index (Phi) is 5.15. The van der Waals surface area contributed by atoms with Crippen LogP contribution in [0.1, 0.15) is 4.11 Å². The molecule has 11 rings (SSSR count). The first-order valence-corrected chi connectivity index (χ1v) is 17.4. The average molecular weight is 826 g/mol. The fraction of sp³-hybridized carbons (Fsp3) is 0.0233. The Hall–Kier alpha value is -5.97. The van der Waals surface area contributed by atoms with Crippen molar-refractivity contribution in [2.75, 3.05) is 0 Å². The molecule has 6 aromatic carbocycles. The summed E-state index contributed by atoms with van der Waals surface area (Å²) < 4.78 is 39.4. The molecule has 0 spiro atoms. The van der Waals surface area contributed by atoms with Crippen LogP contribution >= 0.6 is 0 Å². The topological polar surface area (TPSA) is 41.3 Å². The Labute approximate surface area is 300 Å². The zero-order chi connectivity index (χ0) is 35.6. The molecule has 6 nitrogen and oxygen atoms in total. The number of aryl methyl sites for hydroxylation is 1. The summed E-state index contributed by atoms with van der Waals surface area (Å²) in [5.41, 5.74) is 7.47. The third kappa shape index (κ3) is 3.77. The second-order valence-corrected chi connectivity index (χ2v) is 13.5. The molecule has 0 atom stereocenters. The summed E-state index contributed by atoms with van der Waals surface area (Å²) in [4.78, 5) is 4.79. The first-order valence-electron chi connectivity index (χ1n) is 17.7. The molecule has 0 amide bonds. The van der Waals surface area contributed by atoms with Crippen LogP contribution in [0.2, 0.25) is 0 Å². The van der Waals surface area contributed by atoms with Crippen LogP contribution in [0.5, 0.6) is 11.5 Å². The van der Waals surface area contributed by atoms with E-state index in [0.29, 0.717) is 26.5 Å². The Morgan fingerprint density at radius 2 is 1.34 bits per heavy atom. The molecule has 50 heavy (non-hydrogen) atoms. The van der Waals surface area contributed by atoms with E-state index in [1.165, 1.54) is 37.1 Å². The molecule has 0 saturated carbocycles. The number of fused-ring (bicyclic) bond motifs is 10. The van der Waals surface area contributed by atoms with Gasteiger partial charge >= 0.3 is 198 Å². The molecular weight excluding hydrogens is 798 g/mol. The van der Waals surface area contributed by atoms with Crippen LogP contribution in [0, 0.1) is 15.9 Å². The van der Waals surface area contributed by atoms with E-state index in [9.17, 15) is 0 Å². The summed E-state index contributed by atoms with van der Waals surface area (Å²) in [6, 6.07) is 49.8. The third-order valence-electron chi connectivity index (χ3n) is 9.79. The van der Waals surface area contributed by atoms with Gasteiger partial charge in [0, 0.05) is 27.7 Å². The fourth-order valence-corrected chi connectivity index (χ4v) is 8.54. The maximum atomic E-state index is 8.20. The van der Waals surface area contributed by atoms with Crippen LogP contribution in [0.25, 0.3) is 82.4 Å². The predicted octanol–water partition coefficient (Wildman–Crippen LogP) is 10.1. The maximum absolute atomic E-state index is 8.20. The Balaban J connectivity index is 1.10. The molecular formula is C43H25N5OPt-2. The SMILES string of the molecule is [2H]C([2H])([2H])n1[c](=[Pt])n(-c2[c-]c(Oc3[c-]c4c(cc3)c3cc5c6cccc7c8ccccc8n(c5cc3n4-c3ccccn3)c76)ccc2)c2ccccc21. The van der Waals surface area contributed by atoms with Crippen molar-refractivity contribution in [3.05, 3.63) is 150 Å². The molecule has 0 radical (unpaired) electrons. The summed E-state index contributed by atoms with van der Waals surface area (Å²) in [7, 11) is 0. The molecule has 5 aromatic heterocycles. The predicted molar refractivity (Wildman–Crippen MR) is 196 cm³/mol. The Morgan fingerprint density at radius 1 is 0.600 bits per heavy atom. The number of ether oxygens (including phenoxy) is 1. The second-order valence-electron chi connectivity index (χ2n) is 12.5. The van der Waals surface area contributed by atoms with E-state index in [0.717, 1.165) is 38.7 Å². The molecule has 11 aromatic rings. The van der Waals surface area contributed by atoms with Crippen molar-refractivity contribution < 1.29 is 28.2 Å². The van der Waals surface area contributed by atoms with Crippen molar-refractivity contribution >= 4 is 70.9 Å². The second kappa shape index (κ2) is 10.3. The van der Waals surface area contributed by atoms with Crippen LogP contribution < -0.4 is 4.74 Å². The molecule has 0 bridgehead atoms. The number of aromatic nitrogens is 5. The number of benzene rings is 6. The van der Waals surface area contributed by atoms with Gasteiger partial charge in [0.15, 0.2) is 0 Å². The van der Waals surface area contributed by atoms with Crippen molar-refractivity contribution in [1.82, 2.24) is 23.1 Å². The number of rotatable bonds is 4. The van der Waals surface area contributed by atoms with Crippen LogP contribution in [0.4, 0.5) is 0 Å². The van der Waals surface area contributed by atoms with Gasteiger partial charge in [-0.15, -0.1) is 0 Å². The van der Waals surface area contributed by atoms with Gasteiger partial charge in [-0.1, -0.05) is 42.5 Å². The summed E-state index contributed by atoms with van der Waals surface area (Å²) in [5, 5.41) is 7.06. The average Bonchev–Trinajstić information content (AvgIpc) is 3.87. The first-order chi connectivity index (χ1) is 25.8. The van der Waals surface area contributed by atoms with E-state index in [1.54, 1.807) is 0 Å². The number of imidazole rings is 1. The van der Waals surface area contributed by atoms with Crippen LogP contribution in [0.15, 0.2) is 134 Å². The monoisotopic (exact) mass is 825 g/mol. The van der Waals surface area contributed by atoms with Crippen LogP contribution in [-0.2, 0) is 26.3 Å². The Morgan fingerprint density at radius 3 is 2.20 bits per heavy atom. The summed E-state index contributed by atoms with van der Waals surface area (Å²) in [6.45, 7) is -2.35. The van der Waals surface area contributed by atoms with Crippen molar-refractivity contribution in [2.45, 2.75) is 0 Å². The number of hydrogen-bond acceptors (Lipinski definition) is 2. The van der Waals surface area contributed by atoms with Crippen molar-refractivity contribution in [1.29, 1.82) is 0 Å². The van der Waals surface area contributed by atoms with Gasteiger partial charge in [-0.25, -0.2) is 0 Å². The molecule has 0 fully saturated rings. The normalized spacial score (nSPS) is 13.4. The first kappa shape index (κ1) is 25.1. The van der Waals surface area contributed by atoms with Crippen molar-refractivity contribution in [3.63, 3.8) is 0 Å². The molecule has 0 saturated heterocycles. The molecule has 0 aliphatic heterocycles.